The Kier molecular flexibility index (Phi) is 4.54. The number of carboxylic acids is 1. The Morgan fingerprint density at radius 1 is 1.33 bits per heavy atom. The van der Waals surface area contributed by atoms with Crippen LogP contribution in [0.2, 0.25) is 0 Å². The predicted molar refractivity (Wildman–Crippen MR) is 74.2 cm³/mol. The molecule has 2 atom stereocenters. The van der Waals surface area contributed by atoms with Crippen molar-refractivity contribution < 1.29 is 19.5 Å². The average molecular weight is 291 g/mol. The summed E-state index contributed by atoms with van der Waals surface area (Å²) in [6.45, 7) is 0.543. The highest BCUT2D eigenvalue weighted by Crippen LogP contribution is 2.16. The van der Waals surface area contributed by atoms with Gasteiger partial charge < -0.3 is 21.5 Å². The van der Waals surface area contributed by atoms with Crippen molar-refractivity contribution in [1.82, 2.24) is 10.6 Å². The average Bonchev–Trinajstić information content (AvgIpc) is 2.45. The number of hydrogen-bond donors (Lipinski definition) is 4. The van der Waals surface area contributed by atoms with Crippen LogP contribution in [-0.2, 0) is 27.3 Å². The Balaban J connectivity index is 2.01. The molecule has 1 aliphatic heterocycles. The molecule has 0 saturated heterocycles. The highest BCUT2D eigenvalue weighted by atomic mass is 16.4. The maximum Gasteiger partial charge on any atom is 0.326 e. The van der Waals surface area contributed by atoms with E-state index in [1.165, 1.54) is 0 Å². The van der Waals surface area contributed by atoms with Crippen LogP contribution >= 0.6 is 0 Å². The third-order valence-corrected chi connectivity index (χ3v) is 3.42. The Bertz CT molecular complexity index is 573. The summed E-state index contributed by atoms with van der Waals surface area (Å²) in [5, 5.41) is 14.4. The second-order valence-electron chi connectivity index (χ2n) is 4.98. The summed E-state index contributed by atoms with van der Waals surface area (Å²) in [6.07, 6.45) is 0.0509. The number of rotatable bonds is 5. The van der Waals surface area contributed by atoms with Crippen LogP contribution in [0.3, 0.4) is 0 Å². The quantitative estimate of drug-likeness (QED) is 0.563. The van der Waals surface area contributed by atoms with Crippen molar-refractivity contribution in [3.63, 3.8) is 0 Å². The Labute approximate surface area is 121 Å². The summed E-state index contributed by atoms with van der Waals surface area (Å²) < 4.78 is 0. The van der Waals surface area contributed by atoms with E-state index in [1.807, 2.05) is 24.3 Å². The van der Waals surface area contributed by atoms with Gasteiger partial charge in [-0.05, 0) is 17.5 Å². The minimum absolute atomic E-state index is 0.426. The number of hydrogen-bond acceptors (Lipinski definition) is 4. The van der Waals surface area contributed by atoms with Crippen LogP contribution < -0.4 is 16.4 Å². The lowest BCUT2D eigenvalue weighted by atomic mass is 9.95. The second kappa shape index (κ2) is 6.36. The normalized spacial score (nSPS) is 18.4. The van der Waals surface area contributed by atoms with E-state index in [9.17, 15) is 14.4 Å². The smallest absolute Gasteiger partial charge is 0.326 e. The largest absolute Gasteiger partial charge is 0.480 e. The molecule has 0 bridgehead atoms. The number of fused-ring (bicyclic) bond motifs is 1. The summed E-state index contributed by atoms with van der Waals surface area (Å²) in [4.78, 5) is 34.0. The van der Waals surface area contributed by atoms with Crippen LogP contribution in [-0.4, -0.2) is 35.0 Å². The van der Waals surface area contributed by atoms with Crippen LogP contribution in [0.5, 0.6) is 0 Å². The minimum Gasteiger partial charge on any atom is -0.480 e. The van der Waals surface area contributed by atoms with E-state index in [0.717, 1.165) is 11.1 Å². The van der Waals surface area contributed by atoms with Crippen molar-refractivity contribution in [3.8, 4) is 0 Å². The first-order chi connectivity index (χ1) is 9.97. The van der Waals surface area contributed by atoms with E-state index in [2.05, 4.69) is 10.6 Å². The molecule has 1 aromatic carbocycles. The first kappa shape index (κ1) is 15.0. The number of nitrogens with two attached hydrogens (primary N) is 1. The number of primary amides is 1. The van der Waals surface area contributed by atoms with Crippen molar-refractivity contribution in [2.24, 2.45) is 5.73 Å². The van der Waals surface area contributed by atoms with Gasteiger partial charge in [0.25, 0.3) is 0 Å². The first-order valence-electron chi connectivity index (χ1n) is 6.59. The molecule has 0 aromatic heterocycles. The number of benzene rings is 1. The van der Waals surface area contributed by atoms with Crippen LogP contribution in [0.25, 0.3) is 0 Å². The zero-order chi connectivity index (χ0) is 15.4. The van der Waals surface area contributed by atoms with Gasteiger partial charge >= 0.3 is 5.97 Å². The molecule has 1 aliphatic rings. The molecule has 0 radical (unpaired) electrons. The maximum absolute atomic E-state index is 12.1. The van der Waals surface area contributed by atoms with Crippen LogP contribution in [0.15, 0.2) is 24.3 Å². The zero-order valence-electron chi connectivity index (χ0n) is 11.3. The summed E-state index contributed by atoms with van der Waals surface area (Å²) in [5.41, 5.74) is 7.15. The monoisotopic (exact) mass is 291 g/mol. The summed E-state index contributed by atoms with van der Waals surface area (Å²) in [7, 11) is 0. The number of nitrogens with one attached hydrogen (secondary N) is 2. The fourth-order valence-corrected chi connectivity index (χ4v) is 2.31. The summed E-state index contributed by atoms with van der Waals surface area (Å²) in [5.74, 6) is -2.50. The molecule has 0 saturated carbocycles. The van der Waals surface area contributed by atoms with Crippen LogP contribution in [0, 0.1) is 0 Å². The molecular weight excluding hydrogens is 274 g/mol. The fraction of sp³-hybridized carbons (Fsp3) is 0.357. The molecule has 2 rings (SSSR count). The highest BCUT2D eigenvalue weighted by Gasteiger charge is 2.28. The molecule has 0 aliphatic carbocycles. The third kappa shape index (κ3) is 3.79. The van der Waals surface area contributed by atoms with E-state index in [1.54, 1.807) is 0 Å². The predicted octanol–water partition coefficient (Wildman–Crippen LogP) is -0.854. The minimum atomic E-state index is -1.30. The van der Waals surface area contributed by atoms with Gasteiger partial charge in [-0.1, -0.05) is 24.3 Å². The molecule has 21 heavy (non-hydrogen) atoms. The van der Waals surface area contributed by atoms with Gasteiger partial charge in [0.15, 0.2) is 0 Å². The third-order valence-electron chi connectivity index (χ3n) is 3.42. The Hall–Kier alpha value is -2.41. The number of amides is 2. The van der Waals surface area contributed by atoms with Crippen molar-refractivity contribution in [3.05, 3.63) is 35.4 Å². The van der Waals surface area contributed by atoms with E-state index in [-0.39, 0.29) is 0 Å². The van der Waals surface area contributed by atoms with Gasteiger partial charge in [-0.2, -0.15) is 0 Å². The van der Waals surface area contributed by atoms with Gasteiger partial charge in [0.05, 0.1) is 12.5 Å². The fourth-order valence-electron chi connectivity index (χ4n) is 2.31. The lowest BCUT2D eigenvalue weighted by Crippen LogP contribution is -2.53. The molecule has 0 fully saturated rings. The number of carboxylic acid groups (broad SMARTS) is 1. The van der Waals surface area contributed by atoms with Crippen molar-refractivity contribution in [2.75, 3.05) is 0 Å². The van der Waals surface area contributed by atoms with Crippen LogP contribution in [0.4, 0.5) is 0 Å². The SMILES string of the molecule is NC(=O)C[C@H](NC(=O)[C@@H]1Cc2ccccc2CN1)C(=O)O. The molecule has 7 nitrogen and oxygen atoms in total. The molecule has 0 spiro atoms. The van der Waals surface area contributed by atoms with Gasteiger partial charge in [-0.3, -0.25) is 9.59 Å². The van der Waals surface area contributed by atoms with Crippen LogP contribution in [0.1, 0.15) is 17.5 Å². The lowest BCUT2D eigenvalue weighted by molar-refractivity contribution is -0.143. The van der Waals surface area contributed by atoms with E-state index in [0.29, 0.717) is 13.0 Å². The number of carbonyl (C=O) groups excluding carboxylic acids is 2. The Morgan fingerprint density at radius 2 is 2.00 bits per heavy atom. The lowest BCUT2D eigenvalue weighted by Gasteiger charge is -2.26. The second-order valence-corrected chi connectivity index (χ2v) is 4.98. The summed E-state index contributed by atoms with van der Waals surface area (Å²) in [6, 6.07) is 5.92. The molecule has 5 N–H and O–H groups in total. The summed E-state index contributed by atoms with van der Waals surface area (Å²) >= 11 is 0. The van der Waals surface area contributed by atoms with E-state index >= 15 is 0 Å². The molecule has 2 amide bonds. The maximum atomic E-state index is 12.1. The van der Waals surface area contributed by atoms with Gasteiger partial charge in [0.2, 0.25) is 11.8 Å². The molecule has 0 unspecified atom stereocenters. The number of carbonyl (C=O) groups is 3. The number of aliphatic carboxylic acids is 1. The van der Waals surface area contributed by atoms with Crippen molar-refractivity contribution >= 4 is 17.8 Å². The van der Waals surface area contributed by atoms with E-state index < -0.39 is 36.3 Å². The van der Waals surface area contributed by atoms with Crippen molar-refractivity contribution in [1.29, 1.82) is 0 Å². The van der Waals surface area contributed by atoms with E-state index in [4.69, 9.17) is 10.8 Å². The molecule has 7 heteroatoms. The van der Waals surface area contributed by atoms with Gasteiger partial charge in [0.1, 0.15) is 6.04 Å². The molecular formula is C14H17N3O4. The Morgan fingerprint density at radius 3 is 2.62 bits per heavy atom. The standard InChI is InChI=1S/C14H17N3O4/c15-12(18)6-11(14(20)21)17-13(19)10-5-8-3-1-2-4-9(8)7-16-10/h1-4,10-11,16H,5-7H2,(H2,15,18)(H,17,19)(H,20,21)/t10-,11-/m0/s1. The molecule has 1 aromatic rings. The van der Waals surface area contributed by atoms with Gasteiger partial charge in [-0.25, -0.2) is 4.79 Å². The highest BCUT2D eigenvalue weighted by molar-refractivity contribution is 5.90. The molecule has 1 heterocycles. The molecule has 112 valence electrons. The van der Waals surface area contributed by atoms with Gasteiger partial charge in [0, 0.05) is 6.54 Å². The zero-order valence-corrected chi connectivity index (χ0v) is 11.3. The van der Waals surface area contributed by atoms with Crippen molar-refractivity contribution in [2.45, 2.75) is 31.5 Å². The topological polar surface area (TPSA) is 122 Å². The van der Waals surface area contributed by atoms with Gasteiger partial charge in [-0.15, -0.1) is 0 Å². The first-order valence-corrected chi connectivity index (χ1v) is 6.59.